The van der Waals surface area contributed by atoms with Gasteiger partial charge in [-0.1, -0.05) is 23.7 Å². The topological polar surface area (TPSA) is 50.8 Å². The van der Waals surface area contributed by atoms with Crippen LogP contribution in [0.5, 0.6) is 0 Å². The van der Waals surface area contributed by atoms with Crippen LogP contribution in [-0.2, 0) is 9.47 Å². The highest BCUT2D eigenvalue weighted by Gasteiger charge is 2.45. The number of carbonyl (C=O) groups is 1. The predicted octanol–water partition coefficient (Wildman–Crippen LogP) is 4.12. The van der Waals surface area contributed by atoms with E-state index in [4.69, 9.17) is 21.1 Å². The molecule has 0 radical (unpaired) electrons. The van der Waals surface area contributed by atoms with Gasteiger partial charge in [0, 0.05) is 6.54 Å². The van der Waals surface area contributed by atoms with Gasteiger partial charge in [0.2, 0.25) is 0 Å². The maximum atomic E-state index is 12.5. The average molecular weight is 341 g/mol. The van der Waals surface area contributed by atoms with Gasteiger partial charge in [0.1, 0.15) is 11.3 Å². The molecule has 1 N–H and O–H groups in total. The smallest absolute Gasteiger partial charge is 0.412 e. The number of hydrogen-bond acceptors (Lipinski definition) is 4. The van der Waals surface area contributed by atoms with Crippen molar-refractivity contribution in [1.82, 2.24) is 4.90 Å². The highest BCUT2D eigenvalue weighted by atomic mass is 35.5. The zero-order chi connectivity index (χ0) is 17.3. The molecule has 23 heavy (non-hydrogen) atoms. The lowest BCUT2D eigenvalue weighted by molar-refractivity contribution is -0.0620. The Kier molecular flexibility index (Phi) is 5.11. The Morgan fingerprint density at radius 2 is 2.09 bits per heavy atom. The van der Waals surface area contributed by atoms with Gasteiger partial charge in [-0.15, -0.1) is 0 Å². The third kappa shape index (κ3) is 4.52. The van der Waals surface area contributed by atoms with Crippen LogP contribution in [0.1, 0.15) is 34.6 Å². The Balaban J connectivity index is 2.08. The number of carbonyl (C=O) groups excluding carboxylic acids is 1. The molecule has 0 spiro atoms. The second kappa shape index (κ2) is 6.57. The zero-order valence-electron chi connectivity index (χ0n) is 14.4. The first-order valence-electron chi connectivity index (χ1n) is 7.75. The van der Waals surface area contributed by atoms with Crippen LogP contribution in [0.4, 0.5) is 10.5 Å². The lowest BCUT2D eigenvalue weighted by Crippen LogP contribution is -2.51. The molecule has 1 aliphatic rings. The Labute approximate surface area is 142 Å². The molecule has 128 valence electrons. The Hall–Kier alpha value is -1.46. The molecule has 5 nitrogen and oxygen atoms in total. The predicted molar refractivity (Wildman–Crippen MR) is 91.8 cm³/mol. The standard InChI is InChI=1S/C17H25ClN2O3/c1-16(2,3)23-15(21)20-12(11-22-17(20,4)5)10-19-14-9-7-6-8-13(14)18/h6-9,12,19H,10-11H2,1-5H3. The zero-order valence-corrected chi connectivity index (χ0v) is 15.1. The number of halogens is 1. The summed E-state index contributed by atoms with van der Waals surface area (Å²) in [4.78, 5) is 14.2. The van der Waals surface area contributed by atoms with E-state index in [0.29, 0.717) is 18.2 Å². The van der Waals surface area contributed by atoms with E-state index in [-0.39, 0.29) is 12.1 Å². The summed E-state index contributed by atoms with van der Waals surface area (Å²) < 4.78 is 11.3. The van der Waals surface area contributed by atoms with Crippen LogP contribution in [0, 0.1) is 0 Å². The van der Waals surface area contributed by atoms with Crippen molar-refractivity contribution in [2.24, 2.45) is 0 Å². The number of benzene rings is 1. The molecule has 0 aliphatic carbocycles. The molecule has 6 heteroatoms. The fraction of sp³-hybridized carbons (Fsp3) is 0.588. The molecular formula is C17H25ClN2O3. The van der Waals surface area contributed by atoms with Gasteiger partial charge < -0.3 is 14.8 Å². The van der Waals surface area contributed by atoms with Gasteiger partial charge in [-0.3, -0.25) is 4.90 Å². The molecule has 1 unspecified atom stereocenters. The largest absolute Gasteiger partial charge is 0.444 e. The monoisotopic (exact) mass is 340 g/mol. The number of ether oxygens (including phenoxy) is 2. The van der Waals surface area contributed by atoms with E-state index in [1.54, 1.807) is 4.90 Å². The Morgan fingerprint density at radius 3 is 2.70 bits per heavy atom. The van der Waals surface area contributed by atoms with Crippen LogP contribution in [0.15, 0.2) is 24.3 Å². The van der Waals surface area contributed by atoms with Crippen molar-refractivity contribution in [2.45, 2.75) is 52.0 Å². The lowest BCUT2D eigenvalue weighted by atomic mass is 10.2. The number of hydrogen-bond donors (Lipinski definition) is 1. The van der Waals surface area contributed by atoms with Gasteiger partial charge >= 0.3 is 6.09 Å². The molecule has 0 saturated carbocycles. The first-order chi connectivity index (χ1) is 10.6. The van der Waals surface area contributed by atoms with Crippen LogP contribution in [-0.4, -0.2) is 41.5 Å². The minimum absolute atomic E-state index is 0.129. The van der Waals surface area contributed by atoms with Gasteiger partial charge in [0.25, 0.3) is 0 Å². The van der Waals surface area contributed by atoms with Crippen LogP contribution in [0.25, 0.3) is 0 Å². The lowest BCUT2D eigenvalue weighted by Gasteiger charge is -2.35. The second-order valence-electron chi connectivity index (χ2n) is 7.12. The third-order valence-electron chi connectivity index (χ3n) is 3.57. The number of nitrogens with one attached hydrogen (secondary N) is 1. The maximum Gasteiger partial charge on any atom is 0.412 e. The quantitative estimate of drug-likeness (QED) is 0.899. The summed E-state index contributed by atoms with van der Waals surface area (Å²) in [7, 11) is 0. The molecule has 2 rings (SSSR count). The van der Waals surface area contributed by atoms with Crippen molar-refractivity contribution >= 4 is 23.4 Å². The average Bonchev–Trinajstić information content (AvgIpc) is 2.71. The van der Waals surface area contributed by atoms with Crippen molar-refractivity contribution in [3.63, 3.8) is 0 Å². The molecule has 0 aromatic heterocycles. The fourth-order valence-corrected chi connectivity index (χ4v) is 2.75. The maximum absolute atomic E-state index is 12.5. The Bertz CT molecular complexity index is 569. The number of amides is 1. The van der Waals surface area contributed by atoms with Crippen LogP contribution in [0.2, 0.25) is 5.02 Å². The van der Waals surface area contributed by atoms with E-state index in [1.807, 2.05) is 58.9 Å². The molecule has 1 aliphatic heterocycles. The molecule has 0 bridgehead atoms. The molecule has 1 saturated heterocycles. The van der Waals surface area contributed by atoms with E-state index >= 15 is 0 Å². The number of rotatable bonds is 3. The normalized spacial score (nSPS) is 20.4. The summed E-state index contributed by atoms with van der Waals surface area (Å²) in [6.45, 7) is 10.3. The summed E-state index contributed by atoms with van der Waals surface area (Å²) in [6.07, 6.45) is -0.369. The van der Waals surface area contributed by atoms with Gasteiger partial charge in [-0.25, -0.2) is 4.79 Å². The Morgan fingerprint density at radius 1 is 1.43 bits per heavy atom. The highest BCUT2D eigenvalue weighted by molar-refractivity contribution is 6.33. The molecule has 1 aromatic rings. The molecule has 1 fully saturated rings. The summed E-state index contributed by atoms with van der Waals surface area (Å²) in [6, 6.07) is 7.39. The van der Waals surface area contributed by atoms with Gasteiger partial charge in [-0.2, -0.15) is 0 Å². The van der Waals surface area contributed by atoms with Crippen molar-refractivity contribution in [3.05, 3.63) is 29.3 Å². The molecule has 1 atom stereocenters. The minimum atomic E-state index is -0.699. The minimum Gasteiger partial charge on any atom is -0.444 e. The first kappa shape index (κ1) is 17.9. The summed E-state index contributed by atoms with van der Waals surface area (Å²) in [5.74, 6) is 0. The fourth-order valence-electron chi connectivity index (χ4n) is 2.55. The van der Waals surface area contributed by atoms with Crippen LogP contribution in [0.3, 0.4) is 0 Å². The van der Waals surface area contributed by atoms with Crippen LogP contribution < -0.4 is 5.32 Å². The van der Waals surface area contributed by atoms with Gasteiger partial charge in [-0.05, 0) is 46.8 Å². The summed E-state index contributed by atoms with van der Waals surface area (Å²) in [5, 5.41) is 3.93. The molecule has 1 aromatic carbocycles. The van der Waals surface area contributed by atoms with Gasteiger partial charge in [0.15, 0.2) is 0 Å². The van der Waals surface area contributed by atoms with Crippen LogP contribution >= 0.6 is 11.6 Å². The van der Waals surface area contributed by atoms with E-state index in [1.165, 1.54) is 0 Å². The van der Waals surface area contributed by atoms with E-state index < -0.39 is 11.3 Å². The second-order valence-corrected chi connectivity index (χ2v) is 7.53. The molecular weight excluding hydrogens is 316 g/mol. The number of nitrogens with zero attached hydrogens (tertiary/aromatic N) is 1. The highest BCUT2D eigenvalue weighted by Crippen LogP contribution is 2.30. The summed E-state index contributed by atoms with van der Waals surface area (Å²) in [5.41, 5.74) is -0.408. The third-order valence-corrected chi connectivity index (χ3v) is 3.90. The van der Waals surface area contributed by atoms with Crippen molar-refractivity contribution in [2.75, 3.05) is 18.5 Å². The van der Waals surface area contributed by atoms with Gasteiger partial charge in [0.05, 0.1) is 23.4 Å². The van der Waals surface area contributed by atoms with Crippen molar-refractivity contribution in [3.8, 4) is 0 Å². The van der Waals surface area contributed by atoms with Crippen molar-refractivity contribution < 1.29 is 14.3 Å². The molecule has 1 amide bonds. The summed E-state index contributed by atoms with van der Waals surface area (Å²) >= 11 is 6.15. The van der Waals surface area contributed by atoms with Crippen molar-refractivity contribution in [1.29, 1.82) is 0 Å². The molecule has 1 heterocycles. The van der Waals surface area contributed by atoms with E-state index in [9.17, 15) is 4.79 Å². The van der Waals surface area contributed by atoms with E-state index in [2.05, 4.69) is 5.32 Å². The number of anilines is 1. The first-order valence-corrected chi connectivity index (χ1v) is 8.12. The van der Waals surface area contributed by atoms with E-state index in [0.717, 1.165) is 5.69 Å². The SMILES string of the molecule is CC(C)(C)OC(=O)N1C(CNc2ccccc2Cl)COC1(C)C. The number of para-hydroxylation sites is 1.